The first-order valence-corrected chi connectivity index (χ1v) is 9.12. The summed E-state index contributed by atoms with van der Waals surface area (Å²) in [6, 6.07) is 3.93. The number of hydrogen-bond acceptors (Lipinski definition) is 4. The fourth-order valence-electron chi connectivity index (χ4n) is 3.23. The van der Waals surface area contributed by atoms with Crippen LogP contribution in [-0.4, -0.2) is 24.9 Å². The van der Waals surface area contributed by atoms with Crippen LogP contribution in [0, 0.1) is 19.8 Å². The van der Waals surface area contributed by atoms with E-state index in [9.17, 15) is 8.42 Å². The molecule has 5 heteroatoms. The third-order valence-electron chi connectivity index (χ3n) is 4.27. The lowest BCUT2D eigenvalue weighted by Crippen LogP contribution is -2.33. The molecule has 0 radical (unpaired) electrons. The Hall–Kier alpha value is -0.940. The number of nitrogens with zero attached hydrogens (tertiary/aromatic N) is 1. The quantitative estimate of drug-likeness (QED) is 0.929. The van der Waals surface area contributed by atoms with Gasteiger partial charge in [0.15, 0.2) is 0 Å². The number of sulfone groups is 1. The van der Waals surface area contributed by atoms with Crippen molar-refractivity contribution in [2.75, 3.05) is 6.26 Å². The van der Waals surface area contributed by atoms with Crippen LogP contribution in [0.25, 0.3) is 0 Å². The van der Waals surface area contributed by atoms with E-state index in [0.717, 1.165) is 36.2 Å². The van der Waals surface area contributed by atoms with Crippen LogP contribution < -0.4 is 5.73 Å². The first-order chi connectivity index (χ1) is 9.27. The van der Waals surface area contributed by atoms with Crippen LogP contribution >= 0.6 is 0 Å². The monoisotopic (exact) mass is 296 g/mol. The van der Waals surface area contributed by atoms with Gasteiger partial charge >= 0.3 is 0 Å². The third-order valence-corrected chi connectivity index (χ3v) is 5.91. The maximum atomic E-state index is 11.7. The van der Waals surface area contributed by atoms with E-state index >= 15 is 0 Å². The van der Waals surface area contributed by atoms with Crippen LogP contribution in [0.1, 0.15) is 48.7 Å². The van der Waals surface area contributed by atoms with Gasteiger partial charge in [-0.05, 0) is 56.7 Å². The number of hydrogen-bond donors (Lipinski definition) is 1. The zero-order chi connectivity index (χ0) is 14.9. The van der Waals surface area contributed by atoms with Gasteiger partial charge < -0.3 is 5.73 Å². The molecule has 0 saturated heterocycles. The summed E-state index contributed by atoms with van der Waals surface area (Å²) in [6.07, 6.45) is 4.75. The van der Waals surface area contributed by atoms with Crippen molar-refractivity contribution in [2.45, 2.75) is 50.8 Å². The van der Waals surface area contributed by atoms with E-state index < -0.39 is 9.84 Å². The second-order valence-corrected chi connectivity index (χ2v) is 8.41. The average molecular weight is 296 g/mol. The Balaban J connectivity index is 2.18. The zero-order valence-electron chi connectivity index (χ0n) is 12.5. The highest BCUT2D eigenvalue weighted by molar-refractivity contribution is 7.91. The molecule has 1 aliphatic rings. The van der Waals surface area contributed by atoms with Gasteiger partial charge in [0.2, 0.25) is 0 Å². The Bertz CT molecular complexity index is 563. The molecule has 3 unspecified atom stereocenters. The average Bonchev–Trinajstić information content (AvgIpc) is 2.36. The van der Waals surface area contributed by atoms with Crippen LogP contribution in [0.2, 0.25) is 0 Å². The number of aryl methyl sites for hydroxylation is 2. The molecule has 0 spiro atoms. The van der Waals surface area contributed by atoms with Gasteiger partial charge in [-0.15, -0.1) is 0 Å². The Morgan fingerprint density at radius 1 is 1.25 bits per heavy atom. The highest BCUT2D eigenvalue weighted by Crippen LogP contribution is 2.35. The number of rotatable bonds is 3. The molecule has 1 saturated carbocycles. The molecule has 1 aliphatic carbocycles. The van der Waals surface area contributed by atoms with Gasteiger partial charge in [-0.2, -0.15) is 0 Å². The SMILES string of the molecule is Cc1cc(C(N)C2CCCC(S(C)(=O)=O)C2)cc(C)n1. The van der Waals surface area contributed by atoms with E-state index in [0.29, 0.717) is 6.42 Å². The summed E-state index contributed by atoms with van der Waals surface area (Å²) >= 11 is 0. The largest absolute Gasteiger partial charge is 0.324 e. The minimum absolute atomic E-state index is 0.0973. The van der Waals surface area contributed by atoms with E-state index in [1.54, 1.807) is 0 Å². The lowest BCUT2D eigenvalue weighted by molar-refractivity contribution is 0.308. The van der Waals surface area contributed by atoms with Crippen molar-refractivity contribution < 1.29 is 8.42 Å². The summed E-state index contributed by atoms with van der Waals surface area (Å²) in [5.41, 5.74) is 9.40. The molecule has 1 heterocycles. The van der Waals surface area contributed by atoms with Gasteiger partial charge in [0, 0.05) is 23.7 Å². The molecule has 2 rings (SSSR count). The van der Waals surface area contributed by atoms with E-state index in [1.807, 2.05) is 26.0 Å². The van der Waals surface area contributed by atoms with Crippen molar-refractivity contribution in [3.8, 4) is 0 Å². The molecule has 3 atom stereocenters. The molecule has 1 aromatic rings. The van der Waals surface area contributed by atoms with Gasteiger partial charge in [-0.1, -0.05) is 6.42 Å². The molecule has 2 N–H and O–H groups in total. The van der Waals surface area contributed by atoms with Crippen molar-refractivity contribution in [1.82, 2.24) is 4.98 Å². The Morgan fingerprint density at radius 3 is 2.40 bits per heavy atom. The fourth-order valence-corrected chi connectivity index (χ4v) is 4.42. The van der Waals surface area contributed by atoms with Crippen LogP contribution in [0.15, 0.2) is 12.1 Å². The molecule has 0 bridgehead atoms. The second kappa shape index (κ2) is 5.82. The first-order valence-electron chi connectivity index (χ1n) is 7.17. The first kappa shape index (κ1) is 15.4. The summed E-state index contributed by atoms with van der Waals surface area (Å²) in [7, 11) is -2.96. The molecule has 4 nitrogen and oxygen atoms in total. The highest BCUT2D eigenvalue weighted by atomic mass is 32.2. The predicted molar refractivity (Wildman–Crippen MR) is 81.2 cm³/mol. The van der Waals surface area contributed by atoms with Gasteiger partial charge in [0.25, 0.3) is 0 Å². The molecule has 1 fully saturated rings. The number of pyridine rings is 1. The minimum atomic E-state index is -2.96. The standard InChI is InChI=1S/C15H24N2O2S/c1-10-7-13(8-11(2)17-10)15(16)12-5-4-6-14(9-12)20(3,18)19/h7-8,12,14-15H,4-6,9,16H2,1-3H3. The minimum Gasteiger partial charge on any atom is -0.324 e. The summed E-state index contributed by atoms with van der Waals surface area (Å²) in [5, 5.41) is -0.226. The van der Waals surface area contributed by atoms with Gasteiger partial charge in [-0.25, -0.2) is 8.42 Å². The molecule has 1 aromatic heterocycles. The zero-order valence-corrected chi connectivity index (χ0v) is 13.3. The maximum Gasteiger partial charge on any atom is 0.150 e. The number of nitrogens with two attached hydrogens (primary N) is 1. The molecule has 112 valence electrons. The fraction of sp³-hybridized carbons (Fsp3) is 0.667. The van der Waals surface area contributed by atoms with Crippen LogP contribution in [0.3, 0.4) is 0 Å². The third kappa shape index (κ3) is 3.58. The van der Waals surface area contributed by atoms with Crippen molar-refractivity contribution in [1.29, 1.82) is 0 Å². The predicted octanol–water partition coefficient (Wildman–Crippen LogP) is 2.30. The van der Waals surface area contributed by atoms with Gasteiger partial charge in [-0.3, -0.25) is 4.98 Å². The Kier molecular flexibility index (Phi) is 4.49. The molecule has 20 heavy (non-hydrogen) atoms. The van der Waals surface area contributed by atoms with Gasteiger partial charge in [0.1, 0.15) is 9.84 Å². The van der Waals surface area contributed by atoms with Crippen molar-refractivity contribution in [2.24, 2.45) is 11.7 Å². The lowest BCUT2D eigenvalue weighted by Gasteiger charge is -2.32. The Morgan fingerprint density at radius 2 is 1.85 bits per heavy atom. The lowest BCUT2D eigenvalue weighted by atomic mass is 9.81. The van der Waals surface area contributed by atoms with E-state index in [1.165, 1.54) is 6.26 Å². The summed E-state index contributed by atoms with van der Waals surface area (Å²) in [5.74, 6) is 0.240. The van der Waals surface area contributed by atoms with Crippen molar-refractivity contribution in [3.63, 3.8) is 0 Å². The molecular weight excluding hydrogens is 272 g/mol. The maximum absolute atomic E-state index is 11.7. The molecule has 0 amide bonds. The Labute approximate surface area is 121 Å². The van der Waals surface area contributed by atoms with Crippen LogP contribution in [0.4, 0.5) is 0 Å². The summed E-state index contributed by atoms with van der Waals surface area (Å²) in [6.45, 7) is 3.92. The molecule has 0 aromatic carbocycles. The highest BCUT2D eigenvalue weighted by Gasteiger charge is 2.32. The molecular formula is C15H24N2O2S. The normalized spacial score (nSPS) is 25.4. The summed E-state index contributed by atoms with van der Waals surface area (Å²) < 4.78 is 23.5. The smallest absolute Gasteiger partial charge is 0.150 e. The van der Waals surface area contributed by atoms with Gasteiger partial charge in [0.05, 0.1) is 5.25 Å². The van der Waals surface area contributed by atoms with Crippen molar-refractivity contribution >= 4 is 9.84 Å². The van der Waals surface area contributed by atoms with Crippen LogP contribution in [0.5, 0.6) is 0 Å². The number of aromatic nitrogens is 1. The molecule has 0 aliphatic heterocycles. The van der Waals surface area contributed by atoms with E-state index in [-0.39, 0.29) is 17.2 Å². The second-order valence-electron chi connectivity index (χ2n) is 6.09. The van der Waals surface area contributed by atoms with E-state index in [4.69, 9.17) is 5.73 Å². The van der Waals surface area contributed by atoms with Crippen LogP contribution in [-0.2, 0) is 9.84 Å². The topological polar surface area (TPSA) is 73.1 Å². The van der Waals surface area contributed by atoms with Crippen molar-refractivity contribution in [3.05, 3.63) is 29.1 Å². The summed E-state index contributed by atoms with van der Waals surface area (Å²) in [4.78, 5) is 4.36. The van der Waals surface area contributed by atoms with E-state index in [2.05, 4.69) is 4.98 Å².